The number of fused-ring (bicyclic) bond motifs is 1. The highest BCUT2D eigenvalue weighted by atomic mass is 16.6. The minimum atomic E-state index is -0.534. The molecule has 8 nitrogen and oxygen atoms in total. The van der Waals surface area contributed by atoms with Crippen molar-refractivity contribution in [3.05, 3.63) is 89.4 Å². The first-order valence-corrected chi connectivity index (χ1v) is 13.3. The quantitative estimate of drug-likeness (QED) is 0.362. The van der Waals surface area contributed by atoms with Crippen molar-refractivity contribution in [2.75, 3.05) is 13.1 Å². The molecule has 2 amide bonds. The van der Waals surface area contributed by atoms with E-state index in [0.29, 0.717) is 13.1 Å². The van der Waals surface area contributed by atoms with Crippen LogP contribution >= 0.6 is 0 Å². The summed E-state index contributed by atoms with van der Waals surface area (Å²) in [6.45, 7) is 9.67. The van der Waals surface area contributed by atoms with E-state index in [1.807, 2.05) is 33.8 Å². The van der Waals surface area contributed by atoms with Gasteiger partial charge in [0.2, 0.25) is 0 Å². The molecule has 4 aromatic rings. The number of hydrogen-bond acceptors (Lipinski definition) is 4. The van der Waals surface area contributed by atoms with E-state index >= 15 is 0 Å². The van der Waals surface area contributed by atoms with Gasteiger partial charge in [-0.3, -0.25) is 4.79 Å². The molecule has 0 saturated carbocycles. The number of carbonyl (C=O) groups excluding carboxylic acids is 2. The molecule has 0 radical (unpaired) electrons. The van der Waals surface area contributed by atoms with Crippen LogP contribution < -0.4 is 5.73 Å². The molecule has 0 unspecified atom stereocenters. The normalized spacial score (nSPS) is 14.3. The Morgan fingerprint density at radius 1 is 1.03 bits per heavy atom. The average Bonchev–Trinajstić information content (AvgIpc) is 3.37. The van der Waals surface area contributed by atoms with Gasteiger partial charge >= 0.3 is 6.09 Å². The van der Waals surface area contributed by atoms with Crippen LogP contribution in [0.1, 0.15) is 60.9 Å². The van der Waals surface area contributed by atoms with Gasteiger partial charge in [-0.15, -0.1) is 0 Å². The number of primary amides is 1. The van der Waals surface area contributed by atoms with Gasteiger partial charge in [-0.25, -0.2) is 9.48 Å². The van der Waals surface area contributed by atoms with E-state index in [1.165, 1.54) is 16.7 Å². The van der Waals surface area contributed by atoms with E-state index in [9.17, 15) is 9.59 Å². The first-order chi connectivity index (χ1) is 18.6. The molecule has 1 aliphatic rings. The molecule has 0 spiro atoms. The summed E-state index contributed by atoms with van der Waals surface area (Å²) in [6.07, 6.45) is 5.71. The summed E-state index contributed by atoms with van der Waals surface area (Å²) in [6, 6.07) is 18.6. The van der Waals surface area contributed by atoms with Crippen molar-refractivity contribution in [2.24, 2.45) is 5.73 Å². The Labute approximate surface area is 228 Å². The van der Waals surface area contributed by atoms with Crippen molar-refractivity contribution >= 4 is 28.5 Å². The third-order valence-corrected chi connectivity index (χ3v) is 6.91. The van der Waals surface area contributed by atoms with Gasteiger partial charge in [-0.2, -0.15) is 5.10 Å². The van der Waals surface area contributed by atoms with E-state index in [0.717, 1.165) is 41.7 Å². The van der Waals surface area contributed by atoms with Crippen molar-refractivity contribution in [3.63, 3.8) is 0 Å². The number of ether oxygens (including phenoxy) is 1. The molecule has 5 rings (SSSR count). The zero-order valence-corrected chi connectivity index (χ0v) is 23.0. The molecule has 2 aromatic heterocycles. The Bertz CT molecular complexity index is 1550. The second-order valence-corrected chi connectivity index (χ2v) is 11.1. The molecule has 202 valence electrons. The summed E-state index contributed by atoms with van der Waals surface area (Å²) in [5, 5.41) is 5.44. The fourth-order valence-corrected chi connectivity index (χ4v) is 4.97. The van der Waals surface area contributed by atoms with E-state index in [4.69, 9.17) is 10.5 Å². The molecule has 3 heterocycles. The molecule has 1 aliphatic heterocycles. The van der Waals surface area contributed by atoms with E-state index in [-0.39, 0.29) is 11.8 Å². The van der Waals surface area contributed by atoms with Gasteiger partial charge in [0.25, 0.3) is 5.91 Å². The van der Waals surface area contributed by atoms with Crippen LogP contribution in [0.2, 0.25) is 0 Å². The molecular weight excluding hydrogens is 490 g/mol. The topological polar surface area (TPSA) is 95.4 Å². The van der Waals surface area contributed by atoms with Crippen LogP contribution in [0, 0.1) is 6.92 Å². The fourth-order valence-electron chi connectivity index (χ4n) is 4.97. The molecule has 2 aromatic carbocycles. The zero-order valence-electron chi connectivity index (χ0n) is 23.0. The highest BCUT2D eigenvalue weighted by Gasteiger charge is 2.23. The average molecular weight is 526 g/mol. The predicted molar refractivity (Wildman–Crippen MR) is 153 cm³/mol. The van der Waals surface area contributed by atoms with Crippen molar-refractivity contribution in [2.45, 2.75) is 52.7 Å². The number of nitrogens with zero attached hydrogens (tertiary/aromatic N) is 4. The smallest absolute Gasteiger partial charge is 0.410 e. The molecule has 8 heteroatoms. The van der Waals surface area contributed by atoms with Crippen LogP contribution in [0.4, 0.5) is 4.79 Å². The summed E-state index contributed by atoms with van der Waals surface area (Å²) in [5.74, 6) is -0.534. The first kappa shape index (κ1) is 26.3. The lowest BCUT2D eigenvalue weighted by Gasteiger charge is -2.26. The van der Waals surface area contributed by atoms with Crippen LogP contribution in [-0.2, 0) is 11.3 Å². The SMILES string of the molecule is Cc1cc(C(N)=O)nn1-c1ccc2c(ccn2Cc2ccc(C3=CCCN(C(=O)OC(C)(C)C)CC3)cc2)c1. The molecule has 39 heavy (non-hydrogen) atoms. The third-order valence-electron chi connectivity index (χ3n) is 6.91. The second kappa shape index (κ2) is 10.4. The van der Waals surface area contributed by atoms with Gasteiger partial charge in [0, 0.05) is 42.4 Å². The Kier molecular flexibility index (Phi) is 7.04. The Balaban J connectivity index is 1.26. The van der Waals surface area contributed by atoms with E-state index in [2.05, 4.69) is 64.4 Å². The number of carbonyl (C=O) groups is 2. The van der Waals surface area contributed by atoms with Gasteiger partial charge in [0.1, 0.15) is 5.60 Å². The Morgan fingerprint density at radius 2 is 1.79 bits per heavy atom. The molecule has 0 aliphatic carbocycles. The van der Waals surface area contributed by atoms with Crippen LogP contribution in [0.25, 0.3) is 22.2 Å². The van der Waals surface area contributed by atoms with E-state index in [1.54, 1.807) is 15.6 Å². The standard InChI is InChI=1S/C31H35N5O3/c1-21-18-27(29(32)37)33-36(21)26-11-12-28-25(19-26)14-17-35(28)20-22-7-9-24(10-8-22)23-6-5-15-34(16-13-23)30(38)39-31(2,3)4/h6-12,14,17-19H,5,13,15-16,20H2,1-4H3,(H2,32,37). The first-order valence-electron chi connectivity index (χ1n) is 13.3. The number of nitrogens with two attached hydrogens (primary N) is 1. The summed E-state index contributed by atoms with van der Waals surface area (Å²) in [4.78, 5) is 25.8. The number of aryl methyl sites for hydroxylation is 1. The van der Waals surface area contributed by atoms with Gasteiger partial charge in [0.05, 0.1) is 5.69 Å². The second-order valence-electron chi connectivity index (χ2n) is 11.1. The van der Waals surface area contributed by atoms with Gasteiger partial charge < -0.3 is 19.9 Å². The van der Waals surface area contributed by atoms with Crippen LogP contribution in [-0.4, -0.2) is 49.9 Å². The lowest BCUT2D eigenvalue weighted by Crippen LogP contribution is -2.37. The highest BCUT2D eigenvalue weighted by molar-refractivity contribution is 5.91. The summed E-state index contributed by atoms with van der Waals surface area (Å²) >= 11 is 0. The third kappa shape index (κ3) is 5.90. The van der Waals surface area contributed by atoms with E-state index < -0.39 is 11.5 Å². The fraction of sp³-hybridized carbons (Fsp3) is 0.323. The Morgan fingerprint density at radius 3 is 2.49 bits per heavy atom. The van der Waals surface area contributed by atoms with Crippen LogP contribution in [0.5, 0.6) is 0 Å². The van der Waals surface area contributed by atoms with Gasteiger partial charge in [-0.1, -0.05) is 30.3 Å². The summed E-state index contributed by atoms with van der Waals surface area (Å²) < 4.78 is 9.52. The predicted octanol–water partition coefficient (Wildman–Crippen LogP) is 5.70. The molecule has 0 saturated heterocycles. The van der Waals surface area contributed by atoms with Crippen molar-refractivity contribution in [3.8, 4) is 5.69 Å². The monoisotopic (exact) mass is 525 g/mol. The molecule has 0 fully saturated rings. The van der Waals surface area contributed by atoms with Gasteiger partial charge in [-0.05, 0) is 87.6 Å². The molecule has 2 N–H and O–H groups in total. The number of hydrogen-bond donors (Lipinski definition) is 1. The maximum absolute atomic E-state index is 12.5. The number of benzene rings is 2. The largest absolute Gasteiger partial charge is 0.444 e. The number of rotatable bonds is 5. The number of aromatic nitrogens is 3. The van der Waals surface area contributed by atoms with Crippen LogP contribution in [0.15, 0.2) is 66.9 Å². The highest BCUT2D eigenvalue weighted by Crippen LogP contribution is 2.25. The summed E-state index contributed by atoms with van der Waals surface area (Å²) in [5.41, 5.74) is 11.7. The Hall–Kier alpha value is -4.33. The molecular formula is C31H35N5O3. The minimum absolute atomic E-state index is 0.242. The lowest BCUT2D eigenvalue weighted by molar-refractivity contribution is 0.0260. The maximum Gasteiger partial charge on any atom is 0.410 e. The molecule has 0 bridgehead atoms. The van der Waals surface area contributed by atoms with Crippen molar-refractivity contribution in [1.82, 2.24) is 19.2 Å². The van der Waals surface area contributed by atoms with Crippen molar-refractivity contribution in [1.29, 1.82) is 0 Å². The zero-order chi connectivity index (χ0) is 27.7. The summed E-state index contributed by atoms with van der Waals surface area (Å²) in [7, 11) is 0. The van der Waals surface area contributed by atoms with Gasteiger partial charge in [0.15, 0.2) is 5.69 Å². The maximum atomic E-state index is 12.5. The minimum Gasteiger partial charge on any atom is -0.444 e. The lowest BCUT2D eigenvalue weighted by atomic mass is 10.0. The number of amides is 2. The van der Waals surface area contributed by atoms with Crippen LogP contribution in [0.3, 0.4) is 0 Å². The molecule has 0 atom stereocenters. The van der Waals surface area contributed by atoms with Crippen molar-refractivity contribution < 1.29 is 14.3 Å².